The van der Waals surface area contributed by atoms with E-state index < -0.39 is 0 Å². The topological polar surface area (TPSA) is 38.0 Å². The van der Waals surface area contributed by atoms with Crippen LogP contribution in [0.4, 0.5) is 5.69 Å². The van der Waals surface area contributed by atoms with Crippen LogP contribution in [0.25, 0.3) is 0 Å². The van der Waals surface area contributed by atoms with Gasteiger partial charge in [0.25, 0.3) is 0 Å². The standard InChI is InChI=1S/C16H24N2S2/c1-4-20-13-7-5-6-12(14(13)15(17)19)18-10-16(8-9-16)11(2)3/h5-7,11,18H,4,8-10H2,1-3H3,(H2,17,19). The number of nitrogens with two attached hydrogens (primary N) is 1. The normalized spacial score (nSPS) is 16.2. The van der Waals surface area contributed by atoms with Crippen LogP contribution in [0.1, 0.15) is 39.2 Å². The van der Waals surface area contributed by atoms with Gasteiger partial charge in [0.1, 0.15) is 4.99 Å². The first kappa shape index (κ1) is 15.6. The summed E-state index contributed by atoms with van der Waals surface area (Å²) in [5.74, 6) is 1.74. The summed E-state index contributed by atoms with van der Waals surface area (Å²) >= 11 is 7.04. The third-order valence-corrected chi connectivity index (χ3v) is 5.46. The van der Waals surface area contributed by atoms with E-state index in [1.54, 1.807) is 11.8 Å². The van der Waals surface area contributed by atoms with Crippen molar-refractivity contribution >= 4 is 34.7 Å². The summed E-state index contributed by atoms with van der Waals surface area (Å²) in [6, 6.07) is 6.27. The molecule has 1 aliphatic carbocycles. The second kappa shape index (κ2) is 6.35. The van der Waals surface area contributed by atoms with Crippen molar-refractivity contribution in [2.75, 3.05) is 17.6 Å². The molecule has 0 aliphatic heterocycles. The van der Waals surface area contributed by atoms with Gasteiger partial charge in [-0.15, -0.1) is 11.8 Å². The van der Waals surface area contributed by atoms with Gasteiger partial charge in [-0.05, 0) is 42.1 Å². The summed E-state index contributed by atoms with van der Waals surface area (Å²) in [5.41, 5.74) is 8.51. The van der Waals surface area contributed by atoms with Gasteiger partial charge in [-0.25, -0.2) is 0 Å². The molecule has 0 radical (unpaired) electrons. The van der Waals surface area contributed by atoms with E-state index in [0.717, 1.165) is 29.5 Å². The van der Waals surface area contributed by atoms with Crippen LogP contribution in [-0.4, -0.2) is 17.3 Å². The molecule has 0 atom stereocenters. The van der Waals surface area contributed by atoms with Crippen LogP contribution < -0.4 is 11.1 Å². The van der Waals surface area contributed by atoms with Crippen LogP contribution >= 0.6 is 24.0 Å². The molecule has 3 N–H and O–H groups in total. The van der Waals surface area contributed by atoms with Crippen LogP contribution in [-0.2, 0) is 0 Å². The first-order valence-corrected chi connectivity index (χ1v) is 8.69. The fraction of sp³-hybridized carbons (Fsp3) is 0.562. The smallest absolute Gasteiger partial charge is 0.107 e. The van der Waals surface area contributed by atoms with E-state index in [1.165, 1.54) is 17.7 Å². The van der Waals surface area contributed by atoms with Crippen molar-refractivity contribution in [3.8, 4) is 0 Å². The lowest BCUT2D eigenvalue weighted by Gasteiger charge is -2.22. The second-order valence-electron chi connectivity index (χ2n) is 5.85. The Morgan fingerprint density at radius 1 is 1.45 bits per heavy atom. The SMILES string of the molecule is CCSc1cccc(NCC2(C(C)C)CC2)c1C(N)=S. The second-order valence-corrected chi connectivity index (χ2v) is 7.59. The minimum Gasteiger partial charge on any atom is -0.389 e. The summed E-state index contributed by atoms with van der Waals surface area (Å²) in [6.45, 7) is 7.78. The zero-order valence-corrected chi connectivity index (χ0v) is 14.2. The van der Waals surface area contributed by atoms with Crippen molar-refractivity contribution in [3.63, 3.8) is 0 Å². The fourth-order valence-corrected chi connectivity index (χ4v) is 3.73. The Labute approximate surface area is 131 Å². The number of anilines is 1. The summed E-state index contributed by atoms with van der Waals surface area (Å²) in [7, 11) is 0. The van der Waals surface area contributed by atoms with Gasteiger partial charge in [0.2, 0.25) is 0 Å². The molecule has 20 heavy (non-hydrogen) atoms. The molecule has 0 unspecified atom stereocenters. The van der Waals surface area contributed by atoms with E-state index in [0.29, 0.717) is 10.4 Å². The highest BCUT2D eigenvalue weighted by atomic mass is 32.2. The van der Waals surface area contributed by atoms with E-state index in [1.807, 2.05) is 0 Å². The maximum absolute atomic E-state index is 5.94. The van der Waals surface area contributed by atoms with Crippen LogP contribution in [0.2, 0.25) is 0 Å². The van der Waals surface area contributed by atoms with E-state index in [2.05, 4.69) is 44.3 Å². The van der Waals surface area contributed by atoms with Crippen LogP contribution in [0.3, 0.4) is 0 Å². The van der Waals surface area contributed by atoms with Gasteiger partial charge in [-0.3, -0.25) is 0 Å². The molecular formula is C16H24N2S2. The molecule has 4 heteroatoms. The summed E-state index contributed by atoms with van der Waals surface area (Å²) in [6.07, 6.45) is 2.65. The molecule has 1 fully saturated rings. The van der Waals surface area contributed by atoms with Crippen LogP contribution in [0, 0.1) is 11.3 Å². The maximum Gasteiger partial charge on any atom is 0.107 e. The largest absolute Gasteiger partial charge is 0.389 e. The molecule has 0 saturated heterocycles. The van der Waals surface area contributed by atoms with E-state index in [-0.39, 0.29) is 0 Å². The van der Waals surface area contributed by atoms with Crippen molar-refractivity contribution in [2.24, 2.45) is 17.1 Å². The number of rotatable bonds is 7. The van der Waals surface area contributed by atoms with E-state index >= 15 is 0 Å². The van der Waals surface area contributed by atoms with Crippen molar-refractivity contribution in [3.05, 3.63) is 23.8 Å². The molecule has 2 nitrogen and oxygen atoms in total. The van der Waals surface area contributed by atoms with Crippen molar-refractivity contribution in [2.45, 2.75) is 38.5 Å². The van der Waals surface area contributed by atoms with Crippen molar-refractivity contribution in [1.82, 2.24) is 0 Å². The number of hydrogen-bond acceptors (Lipinski definition) is 3. The lowest BCUT2D eigenvalue weighted by molar-refractivity contribution is 0.380. The van der Waals surface area contributed by atoms with Gasteiger partial charge < -0.3 is 11.1 Å². The molecule has 0 aromatic heterocycles. The molecule has 1 aromatic carbocycles. The van der Waals surface area contributed by atoms with Gasteiger partial charge in [-0.1, -0.05) is 39.1 Å². The molecule has 110 valence electrons. The predicted octanol–water partition coefficient (Wildman–Crippen LogP) is 4.28. The van der Waals surface area contributed by atoms with Crippen molar-refractivity contribution in [1.29, 1.82) is 0 Å². The molecule has 1 aliphatic rings. The number of nitrogens with one attached hydrogen (secondary N) is 1. The highest BCUT2D eigenvalue weighted by molar-refractivity contribution is 7.99. The molecule has 1 aromatic rings. The molecular weight excluding hydrogens is 284 g/mol. The minimum atomic E-state index is 0.474. The summed E-state index contributed by atoms with van der Waals surface area (Å²) < 4.78 is 0. The van der Waals surface area contributed by atoms with Gasteiger partial charge in [0.05, 0.1) is 0 Å². The highest BCUT2D eigenvalue weighted by Crippen LogP contribution is 2.51. The third kappa shape index (κ3) is 3.29. The predicted molar refractivity (Wildman–Crippen MR) is 93.7 cm³/mol. The van der Waals surface area contributed by atoms with E-state index in [9.17, 15) is 0 Å². The zero-order chi connectivity index (χ0) is 14.8. The Balaban J connectivity index is 2.19. The maximum atomic E-state index is 5.94. The number of hydrogen-bond donors (Lipinski definition) is 2. The Bertz CT molecular complexity index is 493. The molecule has 1 saturated carbocycles. The summed E-state index contributed by atoms with van der Waals surface area (Å²) in [5, 5.41) is 3.60. The van der Waals surface area contributed by atoms with E-state index in [4.69, 9.17) is 18.0 Å². The van der Waals surface area contributed by atoms with Gasteiger partial charge >= 0.3 is 0 Å². The third-order valence-electron chi connectivity index (χ3n) is 4.32. The zero-order valence-electron chi connectivity index (χ0n) is 12.5. The van der Waals surface area contributed by atoms with Crippen LogP contribution in [0.15, 0.2) is 23.1 Å². The van der Waals surface area contributed by atoms with Gasteiger partial charge in [0.15, 0.2) is 0 Å². The van der Waals surface area contributed by atoms with Crippen molar-refractivity contribution < 1.29 is 0 Å². The quantitative estimate of drug-likeness (QED) is 0.582. The first-order chi connectivity index (χ1) is 9.50. The lowest BCUT2D eigenvalue weighted by Crippen LogP contribution is -2.23. The van der Waals surface area contributed by atoms with Crippen LogP contribution in [0.5, 0.6) is 0 Å². The first-order valence-electron chi connectivity index (χ1n) is 7.29. The van der Waals surface area contributed by atoms with Gasteiger partial charge in [-0.2, -0.15) is 0 Å². The average Bonchev–Trinajstić information content (AvgIpc) is 3.17. The number of thioether (sulfide) groups is 1. The Morgan fingerprint density at radius 2 is 2.15 bits per heavy atom. The number of benzene rings is 1. The molecule has 0 amide bonds. The molecule has 0 heterocycles. The Hall–Kier alpha value is -0.740. The Morgan fingerprint density at radius 3 is 2.65 bits per heavy atom. The molecule has 0 spiro atoms. The minimum absolute atomic E-state index is 0.474. The molecule has 2 rings (SSSR count). The van der Waals surface area contributed by atoms with Gasteiger partial charge in [0, 0.05) is 22.7 Å². The fourth-order valence-electron chi connectivity index (χ4n) is 2.60. The number of thiocarbonyl (C=S) groups is 1. The molecule has 0 bridgehead atoms. The summed E-state index contributed by atoms with van der Waals surface area (Å²) in [4.78, 5) is 1.66. The Kier molecular flexibility index (Phi) is 4.97. The highest BCUT2D eigenvalue weighted by Gasteiger charge is 2.44. The lowest BCUT2D eigenvalue weighted by atomic mass is 9.92. The average molecular weight is 309 g/mol. The monoisotopic (exact) mass is 308 g/mol.